The van der Waals surface area contributed by atoms with Crippen LogP contribution in [-0.2, 0) is 0 Å². The van der Waals surface area contributed by atoms with Crippen molar-refractivity contribution >= 4 is 46.1 Å². The molecule has 4 aromatic rings. The number of thiazole rings is 1. The summed E-state index contributed by atoms with van der Waals surface area (Å²) in [4.78, 5) is 25.2. The van der Waals surface area contributed by atoms with Crippen LogP contribution in [0, 0.1) is 0 Å². The molecule has 1 saturated heterocycles. The number of H-pyrrole nitrogens is 2. The van der Waals surface area contributed by atoms with Gasteiger partial charge in [0.05, 0.1) is 14.2 Å². The molecular weight excluding hydrogens is 444 g/mol. The fourth-order valence-corrected chi connectivity index (χ4v) is 5.02. The molecule has 32 heavy (non-hydrogen) atoms. The Bertz CT molecular complexity index is 1430. The normalized spacial score (nSPS) is 16.8. The third-order valence-electron chi connectivity index (χ3n) is 5.68. The Labute approximate surface area is 193 Å². The lowest BCUT2D eigenvalue weighted by molar-refractivity contribution is 0.114. The fraction of sp³-hybridized carbons (Fsp3) is 0.250. The Morgan fingerprint density at radius 1 is 1.22 bits per heavy atom. The van der Waals surface area contributed by atoms with Crippen molar-refractivity contribution in [2.75, 3.05) is 20.1 Å². The van der Waals surface area contributed by atoms with Gasteiger partial charge in [0, 0.05) is 36.4 Å². The van der Waals surface area contributed by atoms with Crippen molar-refractivity contribution in [3.8, 4) is 5.75 Å². The Morgan fingerprint density at radius 3 is 2.88 bits per heavy atom. The first kappa shape index (κ1) is 21.0. The number of rotatable bonds is 4. The maximum Gasteiger partial charge on any atom is 0.266 e. The Morgan fingerprint density at radius 2 is 2.06 bits per heavy atom. The van der Waals surface area contributed by atoms with E-state index in [0.717, 1.165) is 58.5 Å². The van der Waals surface area contributed by atoms with Crippen molar-refractivity contribution in [1.82, 2.24) is 19.9 Å². The van der Waals surface area contributed by atoms with Gasteiger partial charge in [0.1, 0.15) is 17.5 Å². The van der Waals surface area contributed by atoms with Gasteiger partial charge in [0.25, 0.3) is 5.56 Å². The van der Waals surface area contributed by atoms with Crippen LogP contribution < -0.4 is 19.5 Å². The molecule has 0 aliphatic carbocycles. The number of piperidine rings is 1. The van der Waals surface area contributed by atoms with Crippen molar-refractivity contribution in [3.05, 3.63) is 78.4 Å². The van der Waals surface area contributed by atoms with Gasteiger partial charge in [-0.3, -0.25) is 4.79 Å². The van der Waals surface area contributed by atoms with Crippen LogP contribution >= 0.6 is 22.9 Å². The topological polar surface area (TPSA) is 74.0 Å². The number of likely N-dealkylation sites (tertiary alicyclic amines) is 1. The molecule has 3 aromatic heterocycles. The average Bonchev–Trinajstić information content (AvgIpc) is 3.35. The number of nitrogens with one attached hydrogen (secondary N) is 2. The van der Waals surface area contributed by atoms with Crippen LogP contribution in [0.2, 0.25) is 5.02 Å². The highest BCUT2D eigenvalue weighted by Crippen LogP contribution is 2.25. The number of halogens is 1. The molecule has 0 spiro atoms. The Kier molecular flexibility index (Phi) is 5.87. The lowest BCUT2D eigenvalue weighted by atomic mass is 10.1. The number of hydrogen-bond donors (Lipinski definition) is 2. The lowest BCUT2D eigenvalue weighted by Crippen LogP contribution is -2.35. The first-order chi connectivity index (χ1) is 15.5. The number of hydrogen-bond acceptors (Lipinski definition) is 5. The molecule has 0 unspecified atom stereocenters. The zero-order chi connectivity index (χ0) is 22.1. The minimum Gasteiger partial charge on any atom is -0.490 e. The van der Waals surface area contributed by atoms with E-state index in [2.05, 4.69) is 26.9 Å². The average molecular weight is 467 g/mol. The minimum absolute atomic E-state index is 0.127. The van der Waals surface area contributed by atoms with Crippen molar-refractivity contribution in [2.24, 2.45) is 0 Å². The number of nitrogens with zero attached hydrogens (tertiary/aromatic N) is 2. The first-order valence-corrected chi connectivity index (χ1v) is 11.7. The molecule has 2 N–H and O–H groups in total. The first-order valence-electron chi connectivity index (χ1n) is 10.5. The maximum atomic E-state index is 12.5. The number of pyridine rings is 1. The van der Waals surface area contributed by atoms with Gasteiger partial charge in [-0.1, -0.05) is 11.6 Å². The monoisotopic (exact) mass is 466 g/mol. The van der Waals surface area contributed by atoms with Gasteiger partial charge in [-0.15, -0.1) is 11.3 Å². The molecule has 0 amide bonds. The highest BCUT2D eigenvalue weighted by Gasteiger charge is 2.18. The van der Waals surface area contributed by atoms with E-state index in [9.17, 15) is 4.79 Å². The summed E-state index contributed by atoms with van der Waals surface area (Å²) in [6.07, 6.45) is 9.63. The van der Waals surface area contributed by atoms with Crippen molar-refractivity contribution in [2.45, 2.75) is 18.9 Å². The summed E-state index contributed by atoms with van der Waals surface area (Å²) in [5.41, 5.74) is 2.44. The summed E-state index contributed by atoms with van der Waals surface area (Å²) in [6.45, 7) is 2.09. The van der Waals surface area contributed by atoms with Gasteiger partial charge in [-0.2, -0.15) is 0 Å². The van der Waals surface area contributed by atoms with Crippen LogP contribution in [0.3, 0.4) is 0 Å². The molecule has 4 heterocycles. The van der Waals surface area contributed by atoms with E-state index in [1.54, 1.807) is 6.20 Å². The second-order valence-corrected chi connectivity index (χ2v) is 9.51. The lowest BCUT2D eigenvalue weighted by Gasteiger charge is -2.29. The molecule has 5 rings (SSSR count). The predicted octanol–water partition coefficient (Wildman–Crippen LogP) is 3.10. The molecule has 0 bridgehead atoms. The Hall–Kier alpha value is -2.87. The van der Waals surface area contributed by atoms with Gasteiger partial charge >= 0.3 is 0 Å². The van der Waals surface area contributed by atoms with Gasteiger partial charge in [0.15, 0.2) is 0 Å². The quantitative estimate of drug-likeness (QED) is 0.484. The van der Waals surface area contributed by atoms with E-state index in [4.69, 9.17) is 16.3 Å². The Balaban J connectivity index is 1.40. The SMILES string of the molecule is CN1CCC(Oc2ccc(/C=c3/[nH]c(=O)/c(=C/c4c[nH]c5ncccc45)s3)c(Cl)c2)CC1. The number of ether oxygens (including phenoxy) is 1. The zero-order valence-corrected chi connectivity index (χ0v) is 19.2. The molecule has 164 valence electrons. The van der Waals surface area contributed by atoms with E-state index in [-0.39, 0.29) is 11.7 Å². The van der Waals surface area contributed by atoms with E-state index < -0.39 is 0 Å². The zero-order valence-electron chi connectivity index (χ0n) is 17.6. The van der Waals surface area contributed by atoms with Crippen LogP contribution in [0.5, 0.6) is 5.75 Å². The third kappa shape index (κ3) is 4.50. The molecule has 0 radical (unpaired) electrons. The molecular formula is C24H23ClN4O2S. The highest BCUT2D eigenvalue weighted by atomic mass is 35.5. The van der Waals surface area contributed by atoms with E-state index in [1.165, 1.54) is 11.3 Å². The van der Waals surface area contributed by atoms with E-state index in [0.29, 0.717) is 9.55 Å². The largest absolute Gasteiger partial charge is 0.490 e. The molecule has 1 aliphatic heterocycles. The second-order valence-electron chi connectivity index (χ2n) is 8.02. The molecule has 1 fully saturated rings. The predicted molar refractivity (Wildman–Crippen MR) is 130 cm³/mol. The van der Waals surface area contributed by atoms with E-state index >= 15 is 0 Å². The number of fused-ring (bicyclic) bond motifs is 1. The molecule has 0 saturated carbocycles. The van der Waals surface area contributed by atoms with E-state index in [1.807, 2.05) is 48.7 Å². The van der Waals surface area contributed by atoms with Crippen LogP contribution in [-0.4, -0.2) is 46.1 Å². The summed E-state index contributed by atoms with van der Waals surface area (Å²) in [5.74, 6) is 0.781. The van der Waals surface area contributed by atoms with Gasteiger partial charge in [0.2, 0.25) is 0 Å². The van der Waals surface area contributed by atoms with Gasteiger partial charge in [-0.25, -0.2) is 4.98 Å². The molecule has 0 atom stereocenters. The highest BCUT2D eigenvalue weighted by molar-refractivity contribution is 7.07. The van der Waals surface area contributed by atoms with Crippen molar-refractivity contribution in [1.29, 1.82) is 0 Å². The van der Waals surface area contributed by atoms with Gasteiger partial charge < -0.3 is 19.6 Å². The molecule has 1 aromatic carbocycles. The summed E-state index contributed by atoms with van der Waals surface area (Å²) in [7, 11) is 2.13. The fourth-order valence-electron chi connectivity index (χ4n) is 3.90. The van der Waals surface area contributed by atoms with Crippen LogP contribution in [0.15, 0.2) is 47.5 Å². The number of benzene rings is 1. The minimum atomic E-state index is -0.127. The van der Waals surface area contributed by atoms with Crippen LogP contribution in [0.4, 0.5) is 0 Å². The number of aromatic amines is 2. The van der Waals surface area contributed by atoms with Crippen molar-refractivity contribution < 1.29 is 4.74 Å². The summed E-state index contributed by atoms with van der Waals surface area (Å²) >= 11 is 7.92. The maximum absolute atomic E-state index is 12.5. The smallest absolute Gasteiger partial charge is 0.266 e. The number of aromatic nitrogens is 3. The van der Waals surface area contributed by atoms with Crippen LogP contribution in [0.25, 0.3) is 23.2 Å². The molecule has 6 nitrogen and oxygen atoms in total. The summed E-state index contributed by atoms with van der Waals surface area (Å²) in [6, 6.07) is 9.58. The molecule has 1 aliphatic rings. The summed E-state index contributed by atoms with van der Waals surface area (Å²) in [5, 5.41) is 1.58. The standard InChI is InChI=1S/C24H23ClN4O2S/c1-29-9-6-17(7-10-29)31-18-5-4-15(20(25)13-18)12-22-28-24(30)21(32-22)11-16-14-27-23-19(16)3-2-8-26-23/h2-5,8,11-14,17H,6-7,9-10H2,1H3,(H,26,27)(H,28,30)/b21-11-,22-12-. The van der Waals surface area contributed by atoms with Crippen molar-refractivity contribution in [3.63, 3.8) is 0 Å². The van der Waals surface area contributed by atoms with Crippen LogP contribution in [0.1, 0.15) is 24.0 Å². The second kappa shape index (κ2) is 8.94. The summed E-state index contributed by atoms with van der Waals surface area (Å²) < 4.78 is 7.48. The van der Waals surface area contributed by atoms with Gasteiger partial charge in [-0.05, 0) is 67.9 Å². The third-order valence-corrected chi connectivity index (χ3v) is 6.97. The molecule has 8 heteroatoms.